The summed E-state index contributed by atoms with van der Waals surface area (Å²) in [6, 6.07) is 0. The molecule has 0 unspecified atom stereocenters. The molecule has 0 radical (unpaired) electrons. The fourth-order valence-corrected chi connectivity index (χ4v) is 2.51. The maximum Gasteiger partial charge on any atom is 0.271 e. The molecule has 1 heterocycles. The highest BCUT2D eigenvalue weighted by atomic mass is 79.9. The first-order chi connectivity index (χ1) is 6.65. The van der Waals surface area contributed by atoms with Crippen LogP contribution in [0, 0.1) is 6.92 Å². The number of hydrogen-bond donors (Lipinski definition) is 1. The van der Waals surface area contributed by atoms with E-state index in [9.17, 15) is 4.79 Å². The first-order valence-corrected chi connectivity index (χ1v) is 6.46. The zero-order valence-corrected chi connectivity index (χ0v) is 10.2. The molecule has 76 valence electrons. The number of rotatable bonds is 3. The molecule has 1 aliphatic rings. The Morgan fingerprint density at radius 2 is 2.50 bits per heavy atom. The fourth-order valence-electron chi connectivity index (χ4n) is 1.22. The molecule has 14 heavy (non-hydrogen) atoms. The molecule has 1 saturated carbocycles. The van der Waals surface area contributed by atoms with Gasteiger partial charge in [-0.05, 0) is 19.8 Å². The van der Waals surface area contributed by atoms with Crippen LogP contribution in [0.15, 0.2) is 5.38 Å². The molecule has 1 aromatic rings. The van der Waals surface area contributed by atoms with Crippen LogP contribution in [0.1, 0.15) is 28.3 Å². The Morgan fingerprint density at radius 3 is 2.93 bits per heavy atom. The Bertz CT molecular complexity index is 359. The topological polar surface area (TPSA) is 42.0 Å². The Balaban J connectivity index is 2.03. The molecule has 5 heteroatoms. The number of thiazole rings is 1. The Kier molecular flexibility index (Phi) is 2.62. The molecule has 1 aliphatic carbocycles. The van der Waals surface area contributed by atoms with Gasteiger partial charge in [-0.3, -0.25) is 4.79 Å². The van der Waals surface area contributed by atoms with Crippen molar-refractivity contribution in [2.24, 2.45) is 0 Å². The number of nitrogens with zero attached hydrogens (tertiary/aromatic N) is 1. The van der Waals surface area contributed by atoms with Crippen molar-refractivity contribution in [1.82, 2.24) is 10.3 Å². The molecule has 0 aliphatic heterocycles. The number of alkyl halides is 1. The van der Waals surface area contributed by atoms with E-state index in [1.807, 2.05) is 6.92 Å². The van der Waals surface area contributed by atoms with Crippen molar-refractivity contribution in [3.8, 4) is 0 Å². The third kappa shape index (κ3) is 1.98. The summed E-state index contributed by atoms with van der Waals surface area (Å²) in [5.41, 5.74) is 0.550. The highest BCUT2D eigenvalue weighted by Crippen LogP contribution is 2.37. The first kappa shape index (κ1) is 10.1. The number of halogens is 1. The third-order valence-electron chi connectivity index (χ3n) is 2.34. The standard InChI is InChI=1S/C9H11BrN2OS/c1-6-11-7(4-14-6)8(13)12-9(5-10)2-3-9/h4H,2-3,5H2,1H3,(H,12,13). The lowest BCUT2D eigenvalue weighted by Gasteiger charge is -2.12. The van der Waals surface area contributed by atoms with Crippen LogP contribution in [0.25, 0.3) is 0 Å². The summed E-state index contributed by atoms with van der Waals surface area (Å²) in [5.74, 6) is -0.0497. The molecule has 0 spiro atoms. The van der Waals surface area contributed by atoms with Crippen LogP contribution in [0.2, 0.25) is 0 Å². The van der Waals surface area contributed by atoms with Crippen LogP contribution in [0.3, 0.4) is 0 Å². The summed E-state index contributed by atoms with van der Waals surface area (Å²) in [4.78, 5) is 15.8. The number of aryl methyl sites for hydroxylation is 1. The minimum atomic E-state index is -0.0497. The van der Waals surface area contributed by atoms with Crippen molar-refractivity contribution >= 4 is 33.2 Å². The van der Waals surface area contributed by atoms with Crippen LogP contribution >= 0.6 is 27.3 Å². The molecular formula is C9H11BrN2OS. The molecule has 1 fully saturated rings. The lowest BCUT2D eigenvalue weighted by Crippen LogP contribution is -2.38. The average molecular weight is 275 g/mol. The summed E-state index contributed by atoms with van der Waals surface area (Å²) < 4.78 is 0. The van der Waals surface area contributed by atoms with Gasteiger partial charge in [0.25, 0.3) is 5.91 Å². The van der Waals surface area contributed by atoms with Gasteiger partial charge in [-0.2, -0.15) is 0 Å². The number of carbonyl (C=O) groups is 1. The second-order valence-corrected chi connectivity index (χ2v) is 5.24. The predicted octanol–water partition coefficient (Wildman–Crippen LogP) is 2.11. The minimum absolute atomic E-state index is 0.00854. The second kappa shape index (κ2) is 3.62. The molecule has 2 rings (SSSR count). The van der Waals surface area contributed by atoms with Crippen LogP contribution in [0.5, 0.6) is 0 Å². The smallest absolute Gasteiger partial charge is 0.271 e. The van der Waals surface area contributed by atoms with Gasteiger partial charge < -0.3 is 5.32 Å². The van der Waals surface area contributed by atoms with Gasteiger partial charge in [0.15, 0.2) is 0 Å². The molecule has 0 saturated heterocycles. The van der Waals surface area contributed by atoms with E-state index in [1.165, 1.54) is 11.3 Å². The van der Waals surface area contributed by atoms with E-state index >= 15 is 0 Å². The van der Waals surface area contributed by atoms with Crippen molar-refractivity contribution in [3.63, 3.8) is 0 Å². The SMILES string of the molecule is Cc1nc(C(=O)NC2(CBr)CC2)cs1. The summed E-state index contributed by atoms with van der Waals surface area (Å²) in [6.07, 6.45) is 2.13. The molecule has 0 bridgehead atoms. The number of carbonyl (C=O) groups excluding carboxylic acids is 1. The summed E-state index contributed by atoms with van der Waals surface area (Å²) in [6.45, 7) is 1.90. The molecule has 1 aromatic heterocycles. The van der Waals surface area contributed by atoms with Gasteiger partial charge in [0.1, 0.15) is 5.69 Å². The molecular weight excluding hydrogens is 264 g/mol. The van der Waals surface area contributed by atoms with Gasteiger partial charge in [-0.1, -0.05) is 15.9 Å². The Morgan fingerprint density at radius 1 is 1.79 bits per heavy atom. The average Bonchev–Trinajstić information content (AvgIpc) is 2.80. The van der Waals surface area contributed by atoms with Crippen molar-refractivity contribution in [1.29, 1.82) is 0 Å². The van der Waals surface area contributed by atoms with Crippen LogP contribution in [0.4, 0.5) is 0 Å². The van der Waals surface area contributed by atoms with E-state index in [0.717, 1.165) is 23.2 Å². The van der Waals surface area contributed by atoms with Crippen LogP contribution in [-0.2, 0) is 0 Å². The summed E-state index contributed by atoms with van der Waals surface area (Å²) in [7, 11) is 0. The lowest BCUT2D eigenvalue weighted by atomic mass is 10.3. The minimum Gasteiger partial charge on any atom is -0.344 e. The van der Waals surface area contributed by atoms with Crippen LogP contribution < -0.4 is 5.32 Å². The molecule has 1 amide bonds. The number of amides is 1. The van der Waals surface area contributed by atoms with E-state index in [0.29, 0.717) is 5.69 Å². The second-order valence-electron chi connectivity index (χ2n) is 3.62. The van der Waals surface area contributed by atoms with Gasteiger partial charge in [0.05, 0.1) is 10.5 Å². The third-order valence-corrected chi connectivity index (χ3v) is 4.19. The summed E-state index contributed by atoms with van der Waals surface area (Å²) in [5, 5.41) is 6.56. The normalized spacial score (nSPS) is 17.9. The van der Waals surface area contributed by atoms with E-state index in [1.54, 1.807) is 5.38 Å². The van der Waals surface area contributed by atoms with E-state index in [-0.39, 0.29) is 11.4 Å². The number of hydrogen-bond acceptors (Lipinski definition) is 3. The van der Waals surface area contributed by atoms with Gasteiger partial charge in [-0.25, -0.2) is 4.98 Å². The van der Waals surface area contributed by atoms with E-state index < -0.39 is 0 Å². The number of aromatic nitrogens is 1. The largest absolute Gasteiger partial charge is 0.344 e. The van der Waals surface area contributed by atoms with Crippen molar-refractivity contribution in [2.45, 2.75) is 25.3 Å². The highest BCUT2D eigenvalue weighted by molar-refractivity contribution is 9.09. The maximum atomic E-state index is 11.7. The van der Waals surface area contributed by atoms with Gasteiger partial charge in [0, 0.05) is 10.7 Å². The molecule has 0 atom stereocenters. The summed E-state index contributed by atoms with van der Waals surface area (Å²) >= 11 is 4.91. The maximum absolute atomic E-state index is 11.7. The van der Waals surface area contributed by atoms with Gasteiger partial charge in [-0.15, -0.1) is 11.3 Å². The van der Waals surface area contributed by atoms with Crippen molar-refractivity contribution < 1.29 is 4.79 Å². The zero-order valence-electron chi connectivity index (χ0n) is 7.84. The van der Waals surface area contributed by atoms with Crippen molar-refractivity contribution in [3.05, 3.63) is 16.1 Å². The monoisotopic (exact) mass is 274 g/mol. The molecule has 1 N–H and O–H groups in total. The van der Waals surface area contributed by atoms with Gasteiger partial charge in [0.2, 0.25) is 0 Å². The Hall–Kier alpha value is -0.420. The number of nitrogens with one attached hydrogen (secondary N) is 1. The van der Waals surface area contributed by atoms with Crippen LogP contribution in [-0.4, -0.2) is 21.8 Å². The first-order valence-electron chi connectivity index (χ1n) is 4.46. The fraction of sp³-hybridized carbons (Fsp3) is 0.556. The molecule has 3 nitrogen and oxygen atoms in total. The lowest BCUT2D eigenvalue weighted by molar-refractivity contribution is 0.0932. The predicted molar refractivity (Wildman–Crippen MR) is 60.1 cm³/mol. The zero-order chi connectivity index (χ0) is 10.2. The van der Waals surface area contributed by atoms with E-state index in [4.69, 9.17) is 0 Å². The quantitative estimate of drug-likeness (QED) is 0.858. The van der Waals surface area contributed by atoms with Crippen molar-refractivity contribution in [2.75, 3.05) is 5.33 Å². The highest BCUT2D eigenvalue weighted by Gasteiger charge is 2.43. The Labute approximate surface area is 95.1 Å². The van der Waals surface area contributed by atoms with Gasteiger partial charge >= 0.3 is 0 Å². The van der Waals surface area contributed by atoms with E-state index in [2.05, 4.69) is 26.2 Å². The molecule has 0 aromatic carbocycles.